The van der Waals surface area contributed by atoms with Crippen LogP contribution in [0.2, 0.25) is 0 Å². The monoisotopic (exact) mass is 534 g/mol. The summed E-state index contributed by atoms with van der Waals surface area (Å²) in [5.74, 6) is -6.70. The number of benzene rings is 2. The van der Waals surface area contributed by atoms with Crippen molar-refractivity contribution in [2.75, 3.05) is 13.2 Å². The second-order valence-electron chi connectivity index (χ2n) is 8.68. The standard InChI is InChI=1S/C27H29F3N2O6/c1-3-17(14-33)31-13-19(25(35)37-4-2)24(34)18-12-20(28)21(23(30)22(18)29)27(10-11-27)32-26(36)38-15-16-8-6-5-7-9-16/h5-9,12-13,17,33-34H,3-4,10-11,14-15H2,1-2H3,(H,32,36)/b24-19+,31-13?. The molecular formula is C27H29F3N2O6. The molecule has 0 spiro atoms. The van der Waals surface area contributed by atoms with Gasteiger partial charge in [0.2, 0.25) is 0 Å². The number of ether oxygens (including phenoxy) is 2. The normalized spacial score (nSPS) is 15.5. The molecule has 1 amide bonds. The highest BCUT2D eigenvalue weighted by Gasteiger charge is 2.51. The summed E-state index contributed by atoms with van der Waals surface area (Å²) in [5, 5.41) is 22.4. The summed E-state index contributed by atoms with van der Waals surface area (Å²) in [6.07, 6.45) is 0.573. The molecule has 0 aromatic heterocycles. The zero-order chi connectivity index (χ0) is 27.9. The second kappa shape index (κ2) is 12.6. The van der Waals surface area contributed by atoms with Gasteiger partial charge in [0.05, 0.1) is 35.9 Å². The van der Waals surface area contributed by atoms with Crippen LogP contribution in [0.5, 0.6) is 0 Å². The summed E-state index contributed by atoms with van der Waals surface area (Å²) in [6, 6.07) is 8.67. The van der Waals surface area contributed by atoms with Crippen LogP contribution in [-0.4, -0.2) is 47.7 Å². The maximum Gasteiger partial charge on any atom is 0.408 e. The minimum absolute atomic E-state index is 0.0763. The lowest BCUT2D eigenvalue weighted by molar-refractivity contribution is -0.137. The Kier molecular flexibility index (Phi) is 9.51. The Morgan fingerprint density at radius 1 is 1.13 bits per heavy atom. The lowest BCUT2D eigenvalue weighted by Crippen LogP contribution is -2.37. The topological polar surface area (TPSA) is 117 Å². The van der Waals surface area contributed by atoms with E-state index in [1.54, 1.807) is 37.3 Å². The van der Waals surface area contributed by atoms with Gasteiger partial charge in [-0.25, -0.2) is 22.8 Å². The van der Waals surface area contributed by atoms with Gasteiger partial charge in [-0.2, -0.15) is 0 Å². The number of aliphatic imine (C=N–C) groups is 1. The van der Waals surface area contributed by atoms with Gasteiger partial charge in [0.1, 0.15) is 23.8 Å². The Labute approximate surface area is 217 Å². The summed E-state index contributed by atoms with van der Waals surface area (Å²) >= 11 is 0. The van der Waals surface area contributed by atoms with Crippen molar-refractivity contribution in [1.29, 1.82) is 0 Å². The molecule has 1 aliphatic carbocycles. The van der Waals surface area contributed by atoms with E-state index < -0.39 is 63.6 Å². The van der Waals surface area contributed by atoms with Crippen LogP contribution in [0.15, 0.2) is 47.0 Å². The number of carbonyl (C=O) groups is 2. The minimum atomic E-state index is -1.63. The Balaban J connectivity index is 1.92. The molecule has 0 bridgehead atoms. The molecule has 38 heavy (non-hydrogen) atoms. The van der Waals surface area contributed by atoms with Crippen molar-refractivity contribution < 1.29 is 42.4 Å². The Hall–Kier alpha value is -3.86. The average Bonchev–Trinajstić information content (AvgIpc) is 3.67. The highest BCUT2D eigenvalue weighted by molar-refractivity contribution is 6.15. The van der Waals surface area contributed by atoms with Crippen LogP contribution in [0.3, 0.4) is 0 Å². The quantitative estimate of drug-likeness (QED) is 0.127. The number of carbonyl (C=O) groups excluding carboxylic acids is 2. The third-order valence-electron chi connectivity index (χ3n) is 6.04. The predicted octanol–water partition coefficient (Wildman–Crippen LogP) is 4.69. The van der Waals surface area contributed by atoms with Crippen molar-refractivity contribution in [2.45, 2.75) is 51.3 Å². The number of hydrogen-bond donors (Lipinski definition) is 3. The summed E-state index contributed by atoms with van der Waals surface area (Å²) in [5.41, 5.74) is -3.12. The lowest BCUT2D eigenvalue weighted by Gasteiger charge is -2.20. The zero-order valence-corrected chi connectivity index (χ0v) is 21.0. The van der Waals surface area contributed by atoms with Gasteiger partial charge in [0, 0.05) is 6.21 Å². The molecule has 1 fully saturated rings. The first-order valence-corrected chi connectivity index (χ1v) is 12.1. The Bertz CT molecular complexity index is 1230. The number of halogens is 3. The number of rotatable bonds is 11. The third kappa shape index (κ3) is 6.52. The van der Waals surface area contributed by atoms with Gasteiger partial charge in [-0.05, 0) is 37.8 Å². The Morgan fingerprint density at radius 2 is 1.82 bits per heavy atom. The maximum atomic E-state index is 15.2. The van der Waals surface area contributed by atoms with E-state index in [-0.39, 0.29) is 32.7 Å². The molecular weight excluding hydrogens is 505 g/mol. The molecule has 3 N–H and O–H groups in total. The molecule has 1 aliphatic rings. The highest BCUT2D eigenvalue weighted by atomic mass is 19.2. The van der Waals surface area contributed by atoms with Crippen LogP contribution < -0.4 is 5.32 Å². The van der Waals surface area contributed by atoms with E-state index in [0.29, 0.717) is 18.1 Å². The first kappa shape index (κ1) is 28.7. The van der Waals surface area contributed by atoms with Crippen molar-refractivity contribution in [3.05, 3.63) is 76.1 Å². The van der Waals surface area contributed by atoms with E-state index >= 15 is 13.2 Å². The Morgan fingerprint density at radius 3 is 2.39 bits per heavy atom. The fraction of sp³-hybridized carbons (Fsp3) is 0.370. The van der Waals surface area contributed by atoms with E-state index in [2.05, 4.69) is 10.3 Å². The molecule has 0 saturated heterocycles. The van der Waals surface area contributed by atoms with Gasteiger partial charge < -0.3 is 25.0 Å². The molecule has 8 nitrogen and oxygen atoms in total. The van der Waals surface area contributed by atoms with Gasteiger partial charge in [0.15, 0.2) is 11.6 Å². The maximum absolute atomic E-state index is 15.2. The van der Waals surface area contributed by atoms with E-state index in [9.17, 15) is 19.8 Å². The molecule has 1 saturated carbocycles. The summed E-state index contributed by atoms with van der Waals surface area (Å²) < 4.78 is 55.6. The van der Waals surface area contributed by atoms with Crippen molar-refractivity contribution in [2.24, 2.45) is 4.99 Å². The molecule has 1 unspecified atom stereocenters. The van der Waals surface area contributed by atoms with Crippen molar-refractivity contribution in [1.82, 2.24) is 5.32 Å². The number of aliphatic hydroxyl groups excluding tert-OH is 2. The van der Waals surface area contributed by atoms with Crippen molar-refractivity contribution >= 4 is 24.0 Å². The molecule has 1 atom stereocenters. The molecule has 3 rings (SSSR count). The lowest BCUT2D eigenvalue weighted by atomic mass is 9.98. The zero-order valence-electron chi connectivity index (χ0n) is 21.0. The van der Waals surface area contributed by atoms with Gasteiger partial charge in [-0.1, -0.05) is 37.3 Å². The molecule has 11 heteroatoms. The molecule has 204 valence electrons. The van der Waals surface area contributed by atoms with Crippen molar-refractivity contribution in [3.8, 4) is 0 Å². The number of alkyl carbamates (subject to hydrolysis) is 1. The van der Waals surface area contributed by atoms with Crippen LogP contribution in [-0.2, 0) is 26.4 Å². The van der Waals surface area contributed by atoms with Crippen molar-refractivity contribution in [3.63, 3.8) is 0 Å². The first-order chi connectivity index (χ1) is 18.2. The van der Waals surface area contributed by atoms with Gasteiger partial charge in [0.25, 0.3) is 0 Å². The number of nitrogens with one attached hydrogen (secondary N) is 1. The largest absolute Gasteiger partial charge is 0.506 e. The molecule has 0 radical (unpaired) electrons. The fourth-order valence-corrected chi connectivity index (χ4v) is 3.75. The second-order valence-corrected chi connectivity index (χ2v) is 8.68. The number of amides is 1. The SMILES string of the molecule is CCOC(=O)/C(C=NC(CC)CO)=C(/O)c1cc(F)c(C2(NC(=O)OCc3ccccc3)CC2)c(F)c1F. The number of aliphatic hydroxyl groups is 2. The van der Waals surface area contributed by atoms with Gasteiger partial charge >= 0.3 is 12.1 Å². The van der Waals surface area contributed by atoms with E-state index in [4.69, 9.17) is 9.47 Å². The number of hydrogen-bond acceptors (Lipinski definition) is 7. The summed E-state index contributed by atoms with van der Waals surface area (Å²) in [7, 11) is 0. The number of esters is 1. The van der Waals surface area contributed by atoms with E-state index in [0.717, 1.165) is 6.21 Å². The van der Waals surface area contributed by atoms with Gasteiger partial charge in [-0.15, -0.1) is 0 Å². The van der Waals surface area contributed by atoms with Crippen LogP contribution >= 0.6 is 0 Å². The summed E-state index contributed by atoms with van der Waals surface area (Å²) in [4.78, 5) is 28.7. The average molecular weight is 535 g/mol. The van der Waals surface area contributed by atoms with Crippen LogP contribution in [0, 0.1) is 17.5 Å². The van der Waals surface area contributed by atoms with Gasteiger partial charge in [-0.3, -0.25) is 4.99 Å². The first-order valence-electron chi connectivity index (χ1n) is 12.1. The van der Waals surface area contributed by atoms with Crippen LogP contribution in [0.25, 0.3) is 5.76 Å². The molecule has 2 aromatic rings. The van der Waals surface area contributed by atoms with Crippen LogP contribution in [0.4, 0.5) is 18.0 Å². The third-order valence-corrected chi connectivity index (χ3v) is 6.04. The summed E-state index contributed by atoms with van der Waals surface area (Å²) in [6.45, 7) is 2.67. The highest BCUT2D eigenvalue weighted by Crippen LogP contribution is 2.48. The molecule has 2 aromatic carbocycles. The minimum Gasteiger partial charge on any atom is -0.506 e. The fourth-order valence-electron chi connectivity index (χ4n) is 3.75. The van der Waals surface area contributed by atoms with E-state index in [1.807, 2.05) is 0 Å². The van der Waals surface area contributed by atoms with Crippen LogP contribution in [0.1, 0.15) is 49.8 Å². The molecule has 0 aliphatic heterocycles. The predicted molar refractivity (Wildman–Crippen MR) is 133 cm³/mol. The number of nitrogens with zero attached hydrogens (tertiary/aromatic N) is 1. The smallest absolute Gasteiger partial charge is 0.408 e. The van der Waals surface area contributed by atoms with E-state index in [1.165, 1.54) is 6.92 Å². The molecule has 0 heterocycles.